The number of piperazine rings is 1. The molecule has 1 aliphatic heterocycles. The van der Waals surface area contributed by atoms with Gasteiger partial charge in [0.15, 0.2) is 5.69 Å². The predicted molar refractivity (Wildman–Crippen MR) is 124 cm³/mol. The van der Waals surface area contributed by atoms with E-state index in [1.807, 2.05) is 18.3 Å². The lowest BCUT2D eigenvalue weighted by Crippen LogP contribution is -2.46. The number of hydrogen-bond donors (Lipinski definition) is 2. The van der Waals surface area contributed by atoms with E-state index in [9.17, 15) is 14.9 Å². The van der Waals surface area contributed by atoms with Crippen LogP contribution in [-0.4, -0.2) is 59.0 Å². The highest BCUT2D eigenvalue weighted by atomic mass is 16.1. The van der Waals surface area contributed by atoms with Crippen molar-refractivity contribution in [3.63, 3.8) is 0 Å². The molecule has 0 radical (unpaired) electrons. The highest BCUT2D eigenvalue weighted by Gasteiger charge is 2.27. The molecule has 2 aliphatic rings. The van der Waals surface area contributed by atoms with Gasteiger partial charge in [0.2, 0.25) is 0 Å². The van der Waals surface area contributed by atoms with Gasteiger partial charge in [0.25, 0.3) is 11.5 Å². The summed E-state index contributed by atoms with van der Waals surface area (Å²) in [6, 6.07) is 9.51. The van der Waals surface area contributed by atoms with Crippen LogP contribution in [0.2, 0.25) is 0 Å². The van der Waals surface area contributed by atoms with Gasteiger partial charge in [-0.25, -0.2) is 4.98 Å². The van der Waals surface area contributed by atoms with Gasteiger partial charge in [-0.3, -0.25) is 19.5 Å². The maximum Gasteiger partial charge on any atom is 0.269 e. The first-order valence-electron chi connectivity index (χ1n) is 11.2. The molecule has 3 aromatic rings. The van der Waals surface area contributed by atoms with Gasteiger partial charge in [0, 0.05) is 51.5 Å². The minimum atomic E-state index is -0.308. The van der Waals surface area contributed by atoms with Gasteiger partial charge >= 0.3 is 0 Å². The van der Waals surface area contributed by atoms with Crippen molar-refractivity contribution >= 4 is 22.6 Å². The maximum atomic E-state index is 12.4. The van der Waals surface area contributed by atoms with Crippen molar-refractivity contribution in [3.8, 4) is 6.07 Å². The molecule has 5 rings (SSSR count). The molecule has 0 bridgehead atoms. The number of fused-ring (bicyclic) bond motifs is 1. The summed E-state index contributed by atoms with van der Waals surface area (Å²) in [4.78, 5) is 40.4. The Morgan fingerprint density at radius 1 is 1.24 bits per heavy atom. The number of amides is 1. The smallest absolute Gasteiger partial charge is 0.269 e. The van der Waals surface area contributed by atoms with E-state index in [0.717, 1.165) is 73.4 Å². The zero-order valence-electron chi connectivity index (χ0n) is 18.5. The summed E-state index contributed by atoms with van der Waals surface area (Å²) in [6.07, 6.45) is 4.06. The number of aromatic amines is 1. The molecule has 1 saturated heterocycles. The molecule has 0 unspecified atom stereocenters. The van der Waals surface area contributed by atoms with Crippen molar-refractivity contribution in [2.75, 3.05) is 38.1 Å². The molecular weight excluding hydrogens is 418 g/mol. The lowest BCUT2D eigenvalue weighted by atomic mass is 10.1. The van der Waals surface area contributed by atoms with Gasteiger partial charge in [-0.05, 0) is 48.6 Å². The summed E-state index contributed by atoms with van der Waals surface area (Å²) in [5.41, 5.74) is 4.78. The third-order valence-electron chi connectivity index (χ3n) is 6.35. The average molecular weight is 444 g/mol. The minimum absolute atomic E-state index is 0.00177. The van der Waals surface area contributed by atoms with E-state index in [2.05, 4.69) is 36.1 Å². The van der Waals surface area contributed by atoms with Crippen molar-refractivity contribution in [1.82, 2.24) is 25.2 Å². The molecule has 9 heteroatoms. The Balaban J connectivity index is 1.26. The van der Waals surface area contributed by atoms with Gasteiger partial charge in [-0.1, -0.05) is 0 Å². The number of rotatable bonds is 5. The number of nitrogens with zero attached hydrogens (tertiary/aromatic N) is 5. The number of hydrogen-bond acceptors (Lipinski definition) is 7. The van der Waals surface area contributed by atoms with Crippen LogP contribution in [0.3, 0.4) is 0 Å². The summed E-state index contributed by atoms with van der Waals surface area (Å²) in [5.74, 6) is 0.0876. The second kappa shape index (κ2) is 8.64. The molecule has 168 valence electrons. The van der Waals surface area contributed by atoms with Gasteiger partial charge in [0.05, 0.1) is 16.7 Å². The van der Waals surface area contributed by atoms with Crippen LogP contribution in [0, 0.1) is 11.3 Å². The van der Waals surface area contributed by atoms with E-state index >= 15 is 0 Å². The number of carbonyl (C=O) groups excluding carboxylic acids is 1. The molecular formula is C24H25N7O2. The Hall–Kier alpha value is -3.77. The van der Waals surface area contributed by atoms with Crippen LogP contribution in [0.1, 0.15) is 46.1 Å². The fraction of sp³-hybridized carbons (Fsp3) is 0.375. The first kappa shape index (κ1) is 21.1. The fourth-order valence-corrected chi connectivity index (χ4v) is 4.37. The minimum Gasteiger partial charge on any atom is -0.367 e. The van der Waals surface area contributed by atoms with Crippen LogP contribution in [0.25, 0.3) is 11.0 Å². The molecule has 0 aromatic carbocycles. The monoisotopic (exact) mass is 443 g/mol. The second-order valence-corrected chi connectivity index (χ2v) is 8.62. The summed E-state index contributed by atoms with van der Waals surface area (Å²) >= 11 is 0. The Labute approximate surface area is 191 Å². The number of pyridine rings is 3. The molecule has 33 heavy (non-hydrogen) atoms. The lowest BCUT2D eigenvalue weighted by molar-refractivity contribution is 0.0958. The highest BCUT2D eigenvalue weighted by molar-refractivity contribution is 5.92. The van der Waals surface area contributed by atoms with Crippen molar-refractivity contribution < 1.29 is 4.79 Å². The molecule has 0 atom stereocenters. The van der Waals surface area contributed by atoms with Gasteiger partial charge in [-0.15, -0.1) is 0 Å². The van der Waals surface area contributed by atoms with E-state index in [0.29, 0.717) is 5.92 Å². The fourth-order valence-electron chi connectivity index (χ4n) is 4.37. The number of nitrogens with one attached hydrogen (secondary N) is 2. The molecule has 0 spiro atoms. The van der Waals surface area contributed by atoms with E-state index in [4.69, 9.17) is 0 Å². The molecule has 4 heterocycles. The van der Waals surface area contributed by atoms with Crippen LogP contribution in [0.15, 0.2) is 35.3 Å². The van der Waals surface area contributed by atoms with E-state index in [-0.39, 0.29) is 22.9 Å². The van der Waals surface area contributed by atoms with E-state index in [1.54, 1.807) is 12.1 Å². The molecule has 3 aromatic heterocycles. The van der Waals surface area contributed by atoms with E-state index < -0.39 is 0 Å². The summed E-state index contributed by atoms with van der Waals surface area (Å²) in [6.45, 7) is 3.87. The third-order valence-corrected chi connectivity index (χ3v) is 6.35. The zero-order chi connectivity index (χ0) is 22.9. The summed E-state index contributed by atoms with van der Waals surface area (Å²) in [5, 5.41) is 12.0. The van der Waals surface area contributed by atoms with Crippen LogP contribution >= 0.6 is 0 Å². The van der Waals surface area contributed by atoms with Crippen LogP contribution < -0.4 is 15.8 Å². The number of aromatic nitrogens is 3. The van der Waals surface area contributed by atoms with Crippen LogP contribution in [-0.2, 0) is 6.54 Å². The summed E-state index contributed by atoms with van der Waals surface area (Å²) in [7, 11) is 1.54. The average Bonchev–Trinajstić information content (AvgIpc) is 3.68. The number of carbonyl (C=O) groups is 1. The van der Waals surface area contributed by atoms with Gasteiger partial charge in [0.1, 0.15) is 11.8 Å². The van der Waals surface area contributed by atoms with Crippen LogP contribution in [0.5, 0.6) is 0 Å². The van der Waals surface area contributed by atoms with Crippen molar-refractivity contribution in [2.45, 2.75) is 25.3 Å². The SMILES string of the molecule is CNC(=O)c1ccc(N2CCN(Cc3cnc4cc(C5CC5)c(=O)[nH]c4c3)CC2)c(C#N)n1. The molecule has 1 amide bonds. The molecule has 2 fully saturated rings. The highest BCUT2D eigenvalue weighted by Crippen LogP contribution is 2.38. The number of H-pyrrole nitrogens is 1. The summed E-state index contributed by atoms with van der Waals surface area (Å²) < 4.78 is 0. The van der Waals surface area contributed by atoms with Crippen molar-refractivity contribution in [2.24, 2.45) is 0 Å². The standard InChI is InChI=1S/C24H25N7O2/c1-26-24(33)18-4-5-22(21(12-25)28-18)31-8-6-30(7-9-31)14-15-10-20-19(27-13-15)11-17(16-2-3-16)23(32)29-20/h4-5,10-11,13,16H,2-3,6-9,14H2,1H3,(H,26,33)(H,29,32). The molecule has 1 saturated carbocycles. The third kappa shape index (κ3) is 4.30. The van der Waals surface area contributed by atoms with Crippen molar-refractivity contribution in [1.29, 1.82) is 5.26 Å². The maximum absolute atomic E-state index is 12.4. The number of anilines is 1. The first-order valence-corrected chi connectivity index (χ1v) is 11.2. The Kier molecular flexibility index (Phi) is 5.52. The topological polar surface area (TPSA) is 118 Å². The normalized spacial score (nSPS) is 16.5. The van der Waals surface area contributed by atoms with E-state index in [1.165, 1.54) is 7.05 Å². The largest absolute Gasteiger partial charge is 0.367 e. The molecule has 1 aliphatic carbocycles. The zero-order valence-corrected chi connectivity index (χ0v) is 18.5. The molecule has 9 nitrogen and oxygen atoms in total. The number of nitriles is 1. The Bertz CT molecular complexity index is 1310. The Morgan fingerprint density at radius 2 is 2.03 bits per heavy atom. The van der Waals surface area contributed by atoms with Crippen molar-refractivity contribution in [3.05, 3.63) is 63.3 Å². The predicted octanol–water partition coefficient (Wildman–Crippen LogP) is 1.75. The molecule has 2 N–H and O–H groups in total. The van der Waals surface area contributed by atoms with Crippen LogP contribution in [0.4, 0.5) is 5.69 Å². The van der Waals surface area contributed by atoms with Gasteiger partial charge < -0.3 is 15.2 Å². The quantitative estimate of drug-likeness (QED) is 0.617. The first-order chi connectivity index (χ1) is 16.1. The second-order valence-electron chi connectivity index (χ2n) is 8.62. The lowest BCUT2D eigenvalue weighted by Gasteiger charge is -2.36. The van der Waals surface area contributed by atoms with Gasteiger partial charge in [-0.2, -0.15) is 5.26 Å². The Morgan fingerprint density at radius 3 is 2.73 bits per heavy atom.